The van der Waals surface area contributed by atoms with Crippen molar-refractivity contribution in [1.82, 2.24) is 0 Å². The molecular formula is C19H31NO3Si. The van der Waals surface area contributed by atoms with Gasteiger partial charge >= 0.3 is 0 Å². The summed E-state index contributed by atoms with van der Waals surface area (Å²) in [7, 11) is -1.92. The molecule has 0 aromatic carbocycles. The summed E-state index contributed by atoms with van der Waals surface area (Å²) in [6, 6.07) is 0. The van der Waals surface area contributed by atoms with Crippen molar-refractivity contribution in [3.63, 3.8) is 0 Å². The third-order valence-electron chi connectivity index (χ3n) is 5.97. The molecule has 1 heterocycles. The van der Waals surface area contributed by atoms with E-state index in [2.05, 4.69) is 44.9 Å². The van der Waals surface area contributed by atoms with Crippen LogP contribution in [0.2, 0.25) is 19.6 Å². The average Bonchev–Trinajstić information content (AvgIpc) is 2.82. The van der Waals surface area contributed by atoms with Crippen LogP contribution < -0.4 is 0 Å². The molecule has 0 aromatic rings. The normalized spacial score (nSPS) is 43.8. The van der Waals surface area contributed by atoms with E-state index < -0.39 is 25.1 Å². The van der Waals surface area contributed by atoms with Crippen LogP contribution in [-0.2, 0) is 9.26 Å². The lowest BCUT2D eigenvalue weighted by atomic mass is 9.60. The molecule has 0 aromatic heterocycles. The highest BCUT2D eigenvalue weighted by molar-refractivity contribution is 6.69. The molecule has 3 aliphatic rings. The van der Waals surface area contributed by atoms with Gasteiger partial charge in [0.1, 0.15) is 5.60 Å². The van der Waals surface area contributed by atoms with Crippen LogP contribution >= 0.6 is 0 Å². The fraction of sp³-hybridized carbons (Fsp3) is 0.737. The first-order chi connectivity index (χ1) is 11.1. The number of nitrogens with zero attached hydrogens (tertiary/aromatic N) is 1. The molecule has 1 N–H and O–H groups in total. The SMILES string of the molecule is C=CC[C@@]1(O[Si](C)(C)C)C[C@@H]2C[C@@H](C)CC3=NO[C@@]1(O)[C@@]32CC=C. The molecule has 2 saturated carbocycles. The third kappa shape index (κ3) is 2.21. The second-order valence-electron chi connectivity index (χ2n) is 8.89. The summed E-state index contributed by atoms with van der Waals surface area (Å²) in [5.74, 6) is -0.589. The molecule has 0 unspecified atom stereocenters. The van der Waals surface area contributed by atoms with Gasteiger partial charge in [-0.05, 0) is 63.6 Å². The highest BCUT2D eigenvalue weighted by atomic mass is 28.4. The van der Waals surface area contributed by atoms with Gasteiger partial charge in [-0.25, -0.2) is 0 Å². The molecule has 2 aliphatic carbocycles. The monoisotopic (exact) mass is 349 g/mol. The van der Waals surface area contributed by atoms with Crippen molar-refractivity contribution in [3.8, 4) is 0 Å². The largest absolute Gasteiger partial charge is 0.405 e. The minimum Gasteiger partial charge on any atom is -0.405 e. The number of allylic oxidation sites excluding steroid dienone is 1. The lowest BCUT2D eigenvalue weighted by molar-refractivity contribution is -0.299. The number of hydrogen-bond acceptors (Lipinski definition) is 4. The Balaban J connectivity index is 2.15. The topological polar surface area (TPSA) is 51.0 Å². The Labute approximate surface area is 146 Å². The Morgan fingerprint density at radius 1 is 1.33 bits per heavy atom. The van der Waals surface area contributed by atoms with Crippen LogP contribution in [0.5, 0.6) is 0 Å². The van der Waals surface area contributed by atoms with Crippen molar-refractivity contribution >= 4 is 14.0 Å². The van der Waals surface area contributed by atoms with Crippen LogP contribution in [0.1, 0.15) is 39.0 Å². The van der Waals surface area contributed by atoms with Gasteiger partial charge in [0.2, 0.25) is 0 Å². The number of hydrogen-bond donors (Lipinski definition) is 1. The Morgan fingerprint density at radius 2 is 2.00 bits per heavy atom. The molecule has 1 aliphatic heterocycles. The number of aliphatic hydroxyl groups is 1. The molecule has 3 rings (SSSR count). The van der Waals surface area contributed by atoms with Crippen molar-refractivity contribution in [2.45, 2.75) is 70.1 Å². The van der Waals surface area contributed by atoms with E-state index in [1.807, 2.05) is 12.2 Å². The molecular weight excluding hydrogens is 318 g/mol. The van der Waals surface area contributed by atoms with Gasteiger partial charge in [0.05, 0.1) is 11.1 Å². The molecule has 0 bridgehead atoms. The van der Waals surface area contributed by atoms with Crippen LogP contribution in [0.4, 0.5) is 0 Å². The fourth-order valence-electron chi connectivity index (χ4n) is 5.44. The van der Waals surface area contributed by atoms with E-state index >= 15 is 0 Å². The van der Waals surface area contributed by atoms with Crippen LogP contribution in [0.3, 0.4) is 0 Å². The molecule has 5 heteroatoms. The van der Waals surface area contributed by atoms with Crippen molar-refractivity contribution in [3.05, 3.63) is 25.3 Å². The van der Waals surface area contributed by atoms with Gasteiger partial charge in [-0.15, -0.1) is 13.2 Å². The lowest BCUT2D eigenvalue weighted by Gasteiger charge is -2.47. The summed E-state index contributed by atoms with van der Waals surface area (Å²) in [5, 5.41) is 16.3. The summed E-state index contributed by atoms with van der Waals surface area (Å²) in [5.41, 5.74) is -0.273. The van der Waals surface area contributed by atoms with Crippen LogP contribution in [-0.4, -0.2) is 30.5 Å². The number of oxime groups is 1. The lowest BCUT2D eigenvalue weighted by Crippen LogP contribution is -2.63. The molecule has 4 nitrogen and oxygen atoms in total. The maximum Gasteiger partial charge on any atom is 0.274 e. The molecule has 0 spiro atoms. The zero-order valence-electron chi connectivity index (χ0n) is 15.5. The summed E-state index contributed by atoms with van der Waals surface area (Å²) in [6.07, 6.45) is 7.72. The van der Waals surface area contributed by atoms with Gasteiger partial charge in [-0.1, -0.05) is 24.2 Å². The zero-order valence-corrected chi connectivity index (χ0v) is 16.5. The zero-order chi connectivity index (χ0) is 17.8. The highest BCUT2D eigenvalue weighted by Crippen LogP contribution is 2.68. The summed E-state index contributed by atoms with van der Waals surface area (Å²) >= 11 is 0. The van der Waals surface area contributed by atoms with Gasteiger partial charge in [0.25, 0.3) is 5.79 Å². The molecule has 2 fully saturated rings. The van der Waals surface area contributed by atoms with E-state index in [0.29, 0.717) is 24.7 Å². The summed E-state index contributed by atoms with van der Waals surface area (Å²) in [4.78, 5) is 5.84. The molecule has 0 saturated heterocycles. The Bertz CT molecular complexity index is 584. The number of rotatable bonds is 6. The van der Waals surface area contributed by atoms with Crippen molar-refractivity contribution < 1.29 is 14.4 Å². The average molecular weight is 350 g/mol. The molecule has 5 atom stereocenters. The van der Waals surface area contributed by atoms with Crippen LogP contribution in [0.15, 0.2) is 30.5 Å². The minimum atomic E-state index is -1.92. The van der Waals surface area contributed by atoms with Gasteiger partial charge in [0.15, 0.2) is 8.32 Å². The maximum absolute atomic E-state index is 11.9. The minimum absolute atomic E-state index is 0.293. The van der Waals surface area contributed by atoms with Crippen molar-refractivity contribution in [2.75, 3.05) is 0 Å². The van der Waals surface area contributed by atoms with E-state index in [1.165, 1.54) is 0 Å². The van der Waals surface area contributed by atoms with Gasteiger partial charge in [-0.3, -0.25) is 0 Å². The molecule has 134 valence electrons. The first-order valence-electron chi connectivity index (χ1n) is 9.04. The summed E-state index contributed by atoms with van der Waals surface area (Å²) in [6.45, 7) is 16.6. The maximum atomic E-state index is 11.9. The predicted molar refractivity (Wildman–Crippen MR) is 99.2 cm³/mol. The van der Waals surface area contributed by atoms with Gasteiger partial charge in [-0.2, -0.15) is 0 Å². The molecule has 0 amide bonds. The summed E-state index contributed by atoms with van der Waals surface area (Å²) < 4.78 is 6.64. The third-order valence-corrected chi connectivity index (χ3v) is 6.97. The van der Waals surface area contributed by atoms with Gasteiger partial charge in [0, 0.05) is 0 Å². The van der Waals surface area contributed by atoms with E-state index in [9.17, 15) is 5.11 Å². The molecule has 24 heavy (non-hydrogen) atoms. The van der Waals surface area contributed by atoms with Crippen LogP contribution in [0, 0.1) is 17.3 Å². The smallest absolute Gasteiger partial charge is 0.274 e. The Kier molecular flexibility index (Phi) is 4.13. The first-order valence-corrected chi connectivity index (χ1v) is 12.4. The van der Waals surface area contributed by atoms with E-state index in [0.717, 1.165) is 25.0 Å². The quantitative estimate of drug-likeness (QED) is 0.576. The van der Waals surface area contributed by atoms with Crippen molar-refractivity contribution in [2.24, 2.45) is 22.4 Å². The van der Waals surface area contributed by atoms with E-state index in [-0.39, 0.29) is 0 Å². The highest BCUT2D eigenvalue weighted by Gasteiger charge is 2.79. The van der Waals surface area contributed by atoms with Crippen molar-refractivity contribution in [1.29, 1.82) is 0 Å². The second kappa shape index (κ2) is 5.54. The predicted octanol–water partition coefficient (Wildman–Crippen LogP) is 4.24. The molecule has 0 radical (unpaired) electrons. The first kappa shape index (κ1) is 17.9. The second-order valence-corrected chi connectivity index (χ2v) is 13.3. The fourth-order valence-corrected chi connectivity index (χ4v) is 6.92. The van der Waals surface area contributed by atoms with E-state index in [1.54, 1.807) is 0 Å². The Hall–Kier alpha value is -0.913. The standard InChI is InChI=1S/C19H31NO3Si/c1-7-9-17(23-24(4,5)6)13-15-11-14(3)12-16-18(15,10-8-2)19(17,21)22-20-16/h7-8,14-15,21H,1-2,9-13H2,3-6H3/t14-,15+,17-,18-,19-/m1/s1. The van der Waals surface area contributed by atoms with Crippen LogP contribution in [0.25, 0.3) is 0 Å². The Morgan fingerprint density at radius 3 is 2.58 bits per heavy atom. The van der Waals surface area contributed by atoms with E-state index in [4.69, 9.17) is 9.26 Å². The van der Waals surface area contributed by atoms with Gasteiger partial charge < -0.3 is 14.4 Å².